The normalized spacial score (nSPS) is 13.4. The Kier molecular flexibility index (Phi) is 21.3. The minimum absolute atomic E-state index is 0. The second kappa shape index (κ2) is 25.8. The molecule has 12 N–H and O–H groups in total. The van der Waals surface area contributed by atoms with Crippen molar-refractivity contribution < 1.29 is 39.0 Å². The monoisotopic (exact) mass is 1040 g/mol. The highest BCUT2D eigenvalue weighted by atomic mass is 79.9. The first-order valence-corrected chi connectivity index (χ1v) is 21.6. The van der Waals surface area contributed by atoms with Gasteiger partial charge in [-0.15, -0.1) is 34.0 Å². The number of fused-ring (bicyclic) bond motifs is 2. The summed E-state index contributed by atoms with van der Waals surface area (Å²) < 4.78 is 0. The molecule has 4 aromatic rings. The summed E-state index contributed by atoms with van der Waals surface area (Å²) in [6, 6.07) is 20.6. The molecule has 4 atom stereocenters. The van der Waals surface area contributed by atoms with E-state index < -0.39 is 70.9 Å². The first-order chi connectivity index (χ1) is 30.5. The molecule has 16 nitrogen and oxygen atoms in total. The van der Waals surface area contributed by atoms with Gasteiger partial charge in [-0.1, -0.05) is 88.4 Å². The molecule has 0 saturated heterocycles. The van der Waals surface area contributed by atoms with Crippen LogP contribution in [0.2, 0.25) is 0 Å². The molecule has 0 fully saturated rings. The number of nitrogens with two attached hydrogens (primary N) is 2. The zero-order valence-corrected chi connectivity index (χ0v) is 40.9. The summed E-state index contributed by atoms with van der Waals surface area (Å²) in [7, 11) is 0. The third-order valence-electron chi connectivity index (χ3n) is 10.7. The predicted octanol–water partition coefficient (Wildman–Crippen LogP) is 4.29. The summed E-state index contributed by atoms with van der Waals surface area (Å²) >= 11 is 0. The smallest absolute Gasteiger partial charge is 0.242 e. The molecule has 0 radical (unpaired) electrons. The largest absolute Gasteiger partial charge is 0.507 e. The van der Waals surface area contributed by atoms with Gasteiger partial charge >= 0.3 is 0 Å². The average Bonchev–Trinajstić information content (AvgIpc) is 3.26. The van der Waals surface area contributed by atoms with Gasteiger partial charge in [-0.2, -0.15) is 0 Å². The summed E-state index contributed by atoms with van der Waals surface area (Å²) in [6.45, 7) is 8.05. The van der Waals surface area contributed by atoms with Crippen LogP contribution in [0, 0.1) is 11.8 Å². The van der Waals surface area contributed by atoms with Crippen LogP contribution in [-0.2, 0) is 32.0 Å². The maximum Gasteiger partial charge on any atom is 0.242 e. The number of aromatic hydroxyl groups is 2. The van der Waals surface area contributed by atoms with Crippen molar-refractivity contribution in [3.05, 3.63) is 118 Å². The highest BCUT2D eigenvalue weighted by Crippen LogP contribution is 2.42. The molecule has 4 aromatic carbocycles. The van der Waals surface area contributed by atoms with Crippen molar-refractivity contribution in [2.24, 2.45) is 23.3 Å². The van der Waals surface area contributed by atoms with Crippen molar-refractivity contribution in [2.75, 3.05) is 36.8 Å². The van der Waals surface area contributed by atoms with Crippen molar-refractivity contribution in [3.63, 3.8) is 0 Å². The van der Waals surface area contributed by atoms with Crippen molar-refractivity contribution >= 4 is 80.5 Å². The summed E-state index contributed by atoms with van der Waals surface area (Å²) in [6.07, 6.45) is 1.33. The summed E-state index contributed by atoms with van der Waals surface area (Å²) in [5, 5.41) is 38.9. The van der Waals surface area contributed by atoms with Crippen LogP contribution in [0.4, 0.5) is 11.4 Å². The number of phenolic OH excluding ortho intramolecular Hbond substituents is 2. The molecule has 0 saturated carbocycles. The van der Waals surface area contributed by atoms with Crippen molar-refractivity contribution in [1.29, 1.82) is 0 Å². The minimum Gasteiger partial charge on any atom is -0.507 e. The summed E-state index contributed by atoms with van der Waals surface area (Å²) in [5.41, 5.74) is 13.8. The number of halogens is 2. The van der Waals surface area contributed by atoms with Gasteiger partial charge in [-0.05, 0) is 72.9 Å². The van der Waals surface area contributed by atoms with Crippen LogP contribution < -0.4 is 43.4 Å². The van der Waals surface area contributed by atoms with E-state index in [2.05, 4.69) is 31.9 Å². The number of phenols is 2. The lowest BCUT2D eigenvalue weighted by atomic mass is 9.81. The zero-order valence-electron chi connectivity index (χ0n) is 37.5. The van der Waals surface area contributed by atoms with Gasteiger partial charge in [0.05, 0.1) is 34.3 Å². The van der Waals surface area contributed by atoms with E-state index in [0.717, 1.165) is 23.3 Å². The van der Waals surface area contributed by atoms with E-state index in [1.54, 1.807) is 12.1 Å². The molecule has 0 heterocycles. The quantitative estimate of drug-likeness (QED) is 0.0344. The standard InChI is InChI=1S/C48H60N8O8.2BrH/c1-27(2)23-35(55-45(61)31(49)25-29-11-7-5-8-12-29)47(63)53-21-19-51-33-15-16-34(40-39(33)43(59)41-37(57)17-18-38(58)42(41)44(40)60)52-20-22-54-48(64)36(24-28(3)4)56-46(62)32(50)26-30-13-9-6-10-14-30;;/h5-18,27-28,31-32,35-36,51-52,57-58H,19-26,49-50H2,1-4H3,(H,53,63)(H,54,64)(H,55,61)(H,56,62);2*1H/t31-,32-,35-,36-;;/m0../s1. The number of ketones is 2. The first kappa shape index (κ1) is 54.5. The van der Waals surface area contributed by atoms with E-state index in [0.29, 0.717) is 25.7 Å². The number of carbonyl (C=O) groups is 6. The molecular weight excluding hydrogens is 976 g/mol. The van der Waals surface area contributed by atoms with Crippen LogP contribution in [0.1, 0.15) is 83.5 Å². The molecule has 356 valence electrons. The second-order valence-electron chi connectivity index (χ2n) is 16.8. The SMILES string of the molecule is Br.Br.CC(C)C[C@H](NC(=O)[C@@H](N)Cc1ccccc1)C(=O)NCCNc1ccc(NCCNC(=O)[C@H](CC(C)C)NC(=O)[C@@H](N)Cc2ccccc2)c2c1C(=O)c1c(O)ccc(O)c1C2=O. The molecule has 0 unspecified atom stereocenters. The molecular formula is C48H62Br2N8O8. The molecule has 0 bridgehead atoms. The number of hydrogen-bond donors (Lipinski definition) is 10. The molecule has 0 aliphatic heterocycles. The van der Waals surface area contributed by atoms with Gasteiger partial charge in [-0.3, -0.25) is 28.8 Å². The average molecular weight is 1040 g/mol. The van der Waals surface area contributed by atoms with Gasteiger partial charge in [0.2, 0.25) is 35.2 Å². The van der Waals surface area contributed by atoms with E-state index in [4.69, 9.17) is 11.5 Å². The van der Waals surface area contributed by atoms with Gasteiger partial charge in [0.15, 0.2) is 0 Å². The molecule has 0 spiro atoms. The molecule has 5 rings (SSSR count). The third kappa shape index (κ3) is 14.6. The molecule has 66 heavy (non-hydrogen) atoms. The molecule has 1 aliphatic rings. The highest BCUT2D eigenvalue weighted by molar-refractivity contribution is 8.93. The maximum absolute atomic E-state index is 14.1. The van der Waals surface area contributed by atoms with Gasteiger partial charge in [0.25, 0.3) is 0 Å². The minimum atomic E-state index is -0.863. The first-order valence-electron chi connectivity index (χ1n) is 21.6. The van der Waals surface area contributed by atoms with Crippen LogP contribution in [0.3, 0.4) is 0 Å². The Morgan fingerprint density at radius 2 is 0.848 bits per heavy atom. The van der Waals surface area contributed by atoms with E-state index in [-0.39, 0.29) is 106 Å². The van der Waals surface area contributed by atoms with E-state index in [9.17, 15) is 39.0 Å². The van der Waals surface area contributed by atoms with Gasteiger partial charge < -0.3 is 53.6 Å². The Morgan fingerprint density at radius 1 is 0.500 bits per heavy atom. The van der Waals surface area contributed by atoms with Gasteiger partial charge in [-0.25, -0.2) is 0 Å². The summed E-state index contributed by atoms with van der Waals surface area (Å²) in [5.74, 6) is -4.02. The Balaban J connectivity index is 0.00000578. The van der Waals surface area contributed by atoms with Crippen LogP contribution in [-0.4, -0.2) is 95.8 Å². The number of benzene rings is 4. The molecule has 18 heteroatoms. The lowest BCUT2D eigenvalue weighted by Crippen LogP contribution is -2.53. The molecule has 4 amide bonds. The van der Waals surface area contributed by atoms with Crippen LogP contribution in [0.5, 0.6) is 11.5 Å². The Morgan fingerprint density at radius 3 is 1.18 bits per heavy atom. The predicted molar refractivity (Wildman–Crippen MR) is 266 cm³/mol. The number of hydrogen-bond acceptors (Lipinski definition) is 12. The number of rotatable bonds is 22. The Labute approximate surface area is 406 Å². The lowest BCUT2D eigenvalue weighted by Gasteiger charge is -2.25. The van der Waals surface area contributed by atoms with Crippen LogP contribution in [0.25, 0.3) is 0 Å². The fourth-order valence-corrected chi connectivity index (χ4v) is 7.56. The number of carbonyl (C=O) groups excluding carboxylic acids is 6. The van der Waals surface area contributed by atoms with E-state index in [1.165, 1.54) is 0 Å². The third-order valence-corrected chi connectivity index (χ3v) is 10.7. The fourth-order valence-electron chi connectivity index (χ4n) is 7.56. The van der Waals surface area contributed by atoms with E-state index in [1.807, 2.05) is 88.4 Å². The van der Waals surface area contributed by atoms with Crippen LogP contribution in [0.15, 0.2) is 84.9 Å². The Hall–Kier alpha value is -5.82. The topological polar surface area (TPSA) is 267 Å². The van der Waals surface area contributed by atoms with Crippen molar-refractivity contribution in [2.45, 2.75) is 77.5 Å². The highest BCUT2D eigenvalue weighted by Gasteiger charge is 2.38. The van der Waals surface area contributed by atoms with Crippen LogP contribution >= 0.6 is 34.0 Å². The Bertz CT molecular complexity index is 2160. The summed E-state index contributed by atoms with van der Waals surface area (Å²) in [4.78, 5) is 81.0. The molecule has 0 aromatic heterocycles. The number of nitrogens with one attached hydrogen (secondary N) is 6. The molecule has 1 aliphatic carbocycles. The van der Waals surface area contributed by atoms with Crippen molar-refractivity contribution in [3.8, 4) is 11.5 Å². The maximum atomic E-state index is 14.1. The van der Waals surface area contributed by atoms with Gasteiger partial charge in [0.1, 0.15) is 23.6 Å². The van der Waals surface area contributed by atoms with Crippen molar-refractivity contribution in [1.82, 2.24) is 21.3 Å². The fraction of sp³-hybridized carbons (Fsp3) is 0.375. The second-order valence-corrected chi connectivity index (χ2v) is 16.8. The van der Waals surface area contributed by atoms with Gasteiger partial charge in [0, 0.05) is 37.6 Å². The lowest BCUT2D eigenvalue weighted by molar-refractivity contribution is -0.129. The zero-order chi connectivity index (χ0) is 46.5. The number of amides is 4. The number of anilines is 2. The van der Waals surface area contributed by atoms with E-state index >= 15 is 0 Å².